The van der Waals surface area contributed by atoms with E-state index in [1.54, 1.807) is 25.8 Å². The number of hydrogen-bond donors (Lipinski definition) is 1. The topological polar surface area (TPSA) is 71.5 Å². The van der Waals surface area contributed by atoms with Crippen LogP contribution in [0.25, 0.3) is 0 Å². The predicted octanol–water partition coefficient (Wildman–Crippen LogP) is 7.10. The molecular formula is C38H54F2N2O5. The summed E-state index contributed by atoms with van der Waals surface area (Å²) in [6.07, 6.45) is 5.69. The molecule has 5 atom stereocenters. The van der Waals surface area contributed by atoms with Gasteiger partial charge >= 0.3 is 0 Å². The Morgan fingerprint density at radius 3 is 2.68 bits per heavy atom. The molecule has 1 saturated carbocycles. The van der Waals surface area contributed by atoms with Gasteiger partial charge in [-0.05, 0) is 80.2 Å². The van der Waals surface area contributed by atoms with Gasteiger partial charge in [-0.15, -0.1) is 0 Å². The third-order valence-electron chi connectivity index (χ3n) is 9.57. The minimum atomic E-state index is -2.50. The molecule has 1 aliphatic heterocycles. The summed E-state index contributed by atoms with van der Waals surface area (Å²) in [4.78, 5) is 15.8. The van der Waals surface area contributed by atoms with E-state index in [1.165, 1.54) is 16.7 Å². The lowest BCUT2D eigenvalue weighted by Gasteiger charge is -2.44. The van der Waals surface area contributed by atoms with Crippen LogP contribution in [0.2, 0.25) is 0 Å². The molecule has 0 saturated heterocycles. The molecule has 2 aliphatic rings. The molecule has 7 nitrogen and oxygen atoms in total. The van der Waals surface area contributed by atoms with Gasteiger partial charge in [-0.25, -0.2) is 8.78 Å². The Labute approximate surface area is 279 Å². The van der Waals surface area contributed by atoms with E-state index < -0.39 is 19.1 Å². The summed E-state index contributed by atoms with van der Waals surface area (Å²) in [6.45, 7) is 10.2. The van der Waals surface area contributed by atoms with Gasteiger partial charge in [0, 0.05) is 39.5 Å². The summed E-state index contributed by atoms with van der Waals surface area (Å²) in [6, 6.07) is 12.8. The Bertz CT molecular complexity index is 1320. The molecule has 2 aromatic carbocycles. The van der Waals surface area contributed by atoms with Crippen molar-refractivity contribution in [2.24, 2.45) is 11.8 Å². The van der Waals surface area contributed by atoms with E-state index >= 15 is 0 Å². The maximum absolute atomic E-state index is 12.6. The van der Waals surface area contributed by atoms with Crippen LogP contribution in [0.1, 0.15) is 80.7 Å². The fourth-order valence-corrected chi connectivity index (χ4v) is 6.68. The first-order valence-electron chi connectivity index (χ1n) is 17.2. The zero-order chi connectivity index (χ0) is 33.9. The molecule has 1 aliphatic carbocycles. The average molecular weight is 657 g/mol. The standard InChI is InChI=1S/C38H54F2N2O5/c1-6-9-30-20-26(2)11-14-33(30)32-23-42(35-21-29(27(3)43)13-16-37(35)47-24-32)22-31-12-15-34(31)36(46-19-18-45-25-38(39)40)10-7-8-17-41(5)28(4)44/h7,10-11,13-14,16,20-21,27,31-32,34,36,38,43H,6,8-9,12,15,17-19,22-25H2,1-5H3/b10-7+. The van der Waals surface area contributed by atoms with Gasteiger partial charge in [0.2, 0.25) is 5.91 Å². The van der Waals surface area contributed by atoms with Crippen molar-refractivity contribution in [1.29, 1.82) is 0 Å². The summed E-state index contributed by atoms with van der Waals surface area (Å²) in [5, 5.41) is 10.4. The van der Waals surface area contributed by atoms with E-state index in [9.17, 15) is 18.7 Å². The lowest BCUT2D eigenvalue weighted by atomic mass is 9.70. The Morgan fingerprint density at radius 2 is 2.00 bits per heavy atom. The monoisotopic (exact) mass is 656 g/mol. The summed E-state index contributed by atoms with van der Waals surface area (Å²) >= 11 is 0. The van der Waals surface area contributed by atoms with Gasteiger partial charge in [-0.2, -0.15) is 0 Å². The van der Waals surface area contributed by atoms with Crippen LogP contribution in [-0.4, -0.2) is 81.6 Å². The number of halogens is 2. The summed E-state index contributed by atoms with van der Waals surface area (Å²) < 4.78 is 43.1. The first-order valence-corrected chi connectivity index (χ1v) is 17.2. The molecule has 1 heterocycles. The highest BCUT2D eigenvalue weighted by atomic mass is 19.3. The van der Waals surface area contributed by atoms with Gasteiger partial charge in [0.1, 0.15) is 12.4 Å². The minimum absolute atomic E-state index is 0.0210. The van der Waals surface area contributed by atoms with Crippen molar-refractivity contribution in [3.05, 3.63) is 70.8 Å². The molecule has 2 aromatic rings. The molecule has 1 fully saturated rings. The van der Waals surface area contributed by atoms with Crippen molar-refractivity contribution >= 4 is 11.6 Å². The lowest BCUT2D eigenvalue weighted by Crippen LogP contribution is -2.45. The van der Waals surface area contributed by atoms with Crippen molar-refractivity contribution in [3.63, 3.8) is 0 Å². The van der Waals surface area contributed by atoms with E-state index in [1.807, 2.05) is 12.1 Å². The number of alkyl halides is 2. The van der Waals surface area contributed by atoms with Crippen molar-refractivity contribution in [2.75, 3.05) is 58.0 Å². The first kappa shape index (κ1) is 36.8. The van der Waals surface area contributed by atoms with Crippen molar-refractivity contribution in [1.82, 2.24) is 4.90 Å². The third-order valence-corrected chi connectivity index (χ3v) is 9.57. The number of hydrogen-bond acceptors (Lipinski definition) is 6. The smallest absolute Gasteiger partial charge is 0.261 e. The summed E-state index contributed by atoms with van der Waals surface area (Å²) in [7, 11) is 1.78. The number of anilines is 1. The second-order valence-electron chi connectivity index (χ2n) is 13.2. The second kappa shape index (κ2) is 17.9. The highest BCUT2D eigenvalue weighted by molar-refractivity contribution is 5.72. The number of benzene rings is 2. The molecule has 9 heteroatoms. The number of nitrogens with zero attached hydrogens (tertiary/aromatic N) is 2. The minimum Gasteiger partial charge on any atom is -0.491 e. The average Bonchev–Trinajstić information content (AvgIpc) is 3.19. The summed E-state index contributed by atoms with van der Waals surface area (Å²) in [5.74, 6) is 1.60. The molecule has 5 unspecified atom stereocenters. The number of aryl methyl sites for hydroxylation is 2. The van der Waals surface area contributed by atoms with E-state index in [0.29, 0.717) is 25.5 Å². The van der Waals surface area contributed by atoms with Gasteiger partial charge in [0.25, 0.3) is 6.43 Å². The Morgan fingerprint density at radius 1 is 1.19 bits per heavy atom. The van der Waals surface area contributed by atoms with E-state index in [0.717, 1.165) is 55.8 Å². The Kier molecular flexibility index (Phi) is 14.1. The number of rotatable bonds is 17. The Balaban J connectivity index is 1.56. The fourth-order valence-electron chi connectivity index (χ4n) is 6.68. The van der Waals surface area contributed by atoms with Crippen molar-refractivity contribution in [2.45, 2.75) is 84.4 Å². The highest BCUT2D eigenvalue weighted by Gasteiger charge is 2.39. The third kappa shape index (κ3) is 10.5. The van der Waals surface area contributed by atoms with Crippen LogP contribution >= 0.6 is 0 Å². The van der Waals surface area contributed by atoms with Crippen LogP contribution < -0.4 is 9.64 Å². The van der Waals surface area contributed by atoms with Crippen LogP contribution in [0.3, 0.4) is 0 Å². The van der Waals surface area contributed by atoms with Crippen molar-refractivity contribution in [3.8, 4) is 5.75 Å². The molecule has 4 rings (SSSR count). The van der Waals surface area contributed by atoms with Crippen LogP contribution in [0.5, 0.6) is 5.75 Å². The number of carbonyl (C=O) groups excluding carboxylic acids is 1. The van der Waals surface area contributed by atoms with Crippen LogP contribution in [-0.2, 0) is 20.7 Å². The molecule has 1 N–H and O–H groups in total. The molecular weight excluding hydrogens is 602 g/mol. The maximum atomic E-state index is 12.6. The summed E-state index contributed by atoms with van der Waals surface area (Å²) in [5.41, 5.74) is 5.83. The Hall–Kier alpha value is -3.01. The van der Waals surface area contributed by atoms with E-state index in [2.05, 4.69) is 55.2 Å². The molecule has 0 spiro atoms. The van der Waals surface area contributed by atoms with Crippen LogP contribution in [0.4, 0.5) is 14.5 Å². The highest BCUT2D eigenvalue weighted by Crippen LogP contribution is 2.43. The van der Waals surface area contributed by atoms with E-state index in [4.69, 9.17) is 14.2 Å². The largest absolute Gasteiger partial charge is 0.491 e. The quantitative estimate of drug-likeness (QED) is 0.145. The van der Waals surface area contributed by atoms with E-state index in [-0.39, 0.29) is 37.1 Å². The van der Waals surface area contributed by atoms with Gasteiger partial charge in [-0.3, -0.25) is 4.79 Å². The molecule has 1 amide bonds. The van der Waals surface area contributed by atoms with Gasteiger partial charge in [0.05, 0.1) is 37.7 Å². The van der Waals surface area contributed by atoms with Gasteiger partial charge < -0.3 is 29.1 Å². The normalized spacial score (nSPS) is 20.8. The van der Waals surface area contributed by atoms with Crippen LogP contribution in [0, 0.1) is 18.8 Å². The number of amides is 1. The first-order chi connectivity index (χ1) is 22.6. The maximum Gasteiger partial charge on any atom is 0.261 e. The number of aliphatic hydroxyl groups excluding tert-OH is 1. The molecule has 47 heavy (non-hydrogen) atoms. The van der Waals surface area contributed by atoms with Gasteiger partial charge in [-0.1, -0.05) is 55.3 Å². The fraction of sp³-hybridized carbons (Fsp3) is 0.605. The molecule has 0 bridgehead atoms. The second-order valence-corrected chi connectivity index (χ2v) is 13.2. The number of carbonyl (C=O) groups is 1. The molecule has 0 radical (unpaired) electrons. The number of fused-ring (bicyclic) bond motifs is 1. The SMILES string of the molecule is CCCc1cc(C)ccc1C1COc2ccc(C(C)O)cc2N(CC2CCC2C(/C=C/CCN(C)C(C)=O)OCCOCC(F)F)C1. The van der Waals surface area contributed by atoms with Crippen LogP contribution in [0.15, 0.2) is 48.6 Å². The van der Waals surface area contributed by atoms with Gasteiger partial charge in [0.15, 0.2) is 0 Å². The van der Waals surface area contributed by atoms with Crippen molar-refractivity contribution < 1.29 is 32.9 Å². The zero-order valence-corrected chi connectivity index (χ0v) is 28.8. The predicted molar refractivity (Wildman–Crippen MR) is 183 cm³/mol. The molecule has 260 valence electrons. The number of ether oxygens (including phenoxy) is 3. The molecule has 0 aromatic heterocycles. The lowest BCUT2D eigenvalue weighted by molar-refractivity contribution is -0.127. The zero-order valence-electron chi connectivity index (χ0n) is 28.8. The number of aliphatic hydroxyl groups is 1.